The van der Waals surface area contributed by atoms with Gasteiger partial charge in [-0.2, -0.15) is 0 Å². The molecular weight excluding hydrogens is 571 g/mol. The molecule has 7 nitrogen and oxygen atoms in total. The average Bonchev–Trinajstić information content (AvgIpc) is 2.83. The van der Waals surface area contributed by atoms with Crippen molar-refractivity contribution in [1.82, 2.24) is 5.32 Å². The molecule has 0 aromatic heterocycles. The van der Waals surface area contributed by atoms with E-state index in [0.29, 0.717) is 49.4 Å². The highest BCUT2D eigenvalue weighted by Crippen LogP contribution is 2.30. The molecule has 0 spiro atoms. The third-order valence-electron chi connectivity index (χ3n) is 5.18. The van der Waals surface area contributed by atoms with Gasteiger partial charge in [0.2, 0.25) is 0 Å². The first-order valence-electron chi connectivity index (χ1n) is 10.8. The van der Waals surface area contributed by atoms with E-state index in [1.54, 1.807) is 60.7 Å². The van der Waals surface area contributed by atoms with E-state index >= 15 is 0 Å². The molecule has 0 bridgehead atoms. The zero-order valence-corrected chi connectivity index (χ0v) is 22.0. The van der Waals surface area contributed by atoms with E-state index in [-0.39, 0.29) is 12.2 Å². The summed E-state index contributed by atoms with van der Waals surface area (Å²) in [6.45, 7) is 2.46. The quantitative estimate of drug-likeness (QED) is 0.255. The third-order valence-corrected chi connectivity index (χ3v) is 6.26. The Morgan fingerprint density at radius 3 is 2.42 bits per heavy atom. The molecule has 0 radical (unpaired) electrons. The summed E-state index contributed by atoms with van der Waals surface area (Å²) in [7, 11) is 0. The molecule has 0 atom stereocenters. The number of halogens is 3. The third kappa shape index (κ3) is 5.73. The van der Waals surface area contributed by atoms with E-state index in [9.17, 15) is 14.4 Å². The Morgan fingerprint density at radius 2 is 1.72 bits per heavy atom. The van der Waals surface area contributed by atoms with Crippen molar-refractivity contribution in [2.24, 2.45) is 0 Å². The van der Waals surface area contributed by atoms with E-state index in [1.807, 2.05) is 6.92 Å². The molecular formula is C26H19BrCl2N2O5. The summed E-state index contributed by atoms with van der Waals surface area (Å²) in [6.07, 6.45) is 1.38. The number of carbonyl (C=O) groups is 3. The van der Waals surface area contributed by atoms with Gasteiger partial charge in [0.1, 0.15) is 23.7 Å². The molecule has 1 aliphatic rings. The maximum Gasteiger partial charge on any atom is 0.335 e. The number of rotatable bonds is 7. The van der Waals surface area contributed by atoms with Crippen molar-refractivity contribution in [2.75, 3.05) is 11.5 Å². The highest BCUT2D eigenvalue weighted by Gasteiger charge is 2.37. The van der Waals surface area contributed by atoms with Crippen molar-refractivity contribution in [3.63, 3.8) is 0 Å². The highest BCUT2D eigenvalue weighted by atomic mass is 79.9. The van der Waals surface area contributed by atoms with Gasteiger partial charge in [0.25, 0.3) is 11.8 Å². The van der Waals surface area contributed by atoms with Gasteiger partial charge < -0.3 is 9.47 Å². The number of benzene rings is 3. The van der Waals surface area contributed by atoms with Gasteiger partial charge in [-0.05, 0) is 67.6 Å². The number of nitrogens with one attached hydrogen (secondary N) is 1. The molecule has 0 unspecified atom stereocenters. The number of amides is 4. The van der Waals surface area contributed by atoms with Crippen LogP contribution in [0, 0.1) is 0 Å². The van der Waals surface area contributed by atoms with Gasteiger partial charge in [-0.15, -0.1) is 0 Å². The van der Waals surface area contributed by atoms with Gasteiger partial charge in [-0.1, -0.05) is 45.2 Å². The monoisotopic (exact) mass is 588 g/mol. The standard InChI is InChI=1S/C26H19BrCl2N2O5/c1-2-35-20-8-6-19(7-9-20)31-25(33)21(24(32)30-26(31)34)12-16-11-17(27)4-10-23(16)36-14-15-3-5-18(28)13-22(15)29/h3-13H,2,14H2,1H3,(H,30,32,34)/b21-12+. The molecule has 1 N–H and O–H groups in total. The molecule has 4 amide bonds. The van der Waals surface area contributed by atoms with Gasteiger partial charge >= 0.3 is 6.03 Å². The Balaban J connectivity index is 1.64. The number of imide groups is 2. The van der Waals surface area contributed by atoms with E-state index in [0.717, 1.165) is 4.90 Å². The van der Waals surface area contributed by atoms with Gasteiger partial charge in [-0.25, -0.2) is 9.69 Å². The van der Waals surface area contributed by atoms with E-state index in [1.165, 1.54) is 6.08 Å². The molecule has 1 fully saturated rings. The van der Waals surface area contributed by atoms with Gasteiger partial charge in [0.15, 0.2) is 0 Å². The molecule has 10 heteroatoms. The number of hydrogen-bond acceptors (Lipinski definition) is 5. The molecule has 3 aromatic carbocycles. The summed E-state index contributed by atoms with van der Waals surface area (Å²) in [5.41, 5.74) is 1.23. The van der Waals surface area contributed by atoms with Crippen LogP contribution in [-0.4, -0.2) is 24.5 Å². The second-order valence-electron chi connectivity index (χ2n) is 7.59. The van der Waals surface area contributed by atoms with Crippen molar-refractivity contribution in [3.05, 3.63) is 91.9 Å². The maximum atomic E-state index is 13.3. The topological polar surface area (TPSA) is 84.9 Å². The Kier molecular flexibility index (Phi) is 7.98. The predicted octanol–water partition coefficient (Wildman–Crippen LogP) is 6.40. The Bertz CT molecular complexity index is 1380. The normalized spacial score (nSPS) is 14.7. The molecule has 0 aliphatic carbocycles. The number of nitrogens with zero attached hydrogens (tertiary/aromatic N) is 1. The smallest absolute Gasteiger partial charge is 0.335 e. The highest BCUT2D eigenvalue weighted by molar-refractivity contribution is 9.10. The van der Waals surface area contributed by atoms with E-state index in [2.05, 4.69) is 21.2 Å². The summed E-state index contributed by atoms with van der Waals surface area (Å²) in [6, 6.07) is 15.8. The summed E-state index contributed by atoms with van der Waals surface area (Å²) >= 11 is 15.6. The van der Waals surface area contributed by atoms with Crippen LogP contribution in [-0.2, 0) is 16.2 Å². The zero-order chi connectivity index (χ0) is 25.8. The first-order chi connectivity index (χ1) is 17.3. The molecule has 0 saturated carbocycles. The molecule has 184 valence electrons. The fourth-order valence-electron chi connectivity index (χ4n) is 3.46. The molecule has 3 aromatic rings. The Morgan fingerprint density at radius 1 is 0.972 bits per heavy atom. The lowest BCUT2D eigenvalue weighted by atomic mass is 10.1. The van der Waals surface area contributed by atoms with Crippen molar-refractivity contribution < 1.29 is 23.9 Å². The Hall–Kier alpha value is -3.33. The lowest BCUT2D eigenvalue weighted by molar-refractivity contribution is -0.122. The molecule has 1 saturated heterocycles. The van der Waals surface area contributed by atoms with Crippen LogP contribution in [0.1, 0.15) is 18.1 Å². The van der Waals surface area contributed by atoms with Crippen molar-refractivity contribution in [1.29, 1.82) is 0 Å². The first kappa shape index (κ1) is 25.8. The lowest BCUT2D eigenvalue weighted by Crippen LogP contribution is -2.54. The Labute approximate surface area is 225 Å². The number of ether oxygens (including phenoxy) is 2. The molecule has 4 rings (SSSR count). The summed E-state index contributed by atoms with van der Waals surface area (Å²) in [5, 5.41) is 3.17. The van der Waals surface area contributed by atoms with Crippen LogP contribution < -0.4 is 19.7 Å². The minimum absolute atomic E-state index is 0.130. The number of carbonyl (C=O) groups excluding carboxylic acids is 3. The van der Waals surface area contributed by atoms with Crippen molar-refractivity contribution in [2.45, 2.75) is 13.5 Å². The van der Waals surface area contributed by atoms with Crippen LogP contribution in [0.15, 0.2) is 70.7 Å². The lowest BCUT2D eigenvalue weighted by Gasteiger charge is -2.26. The molecule has 1 aliphatic heterocycles. The average molecular weight is 590 g/mol. The summed E-state index contributed by atoms with van der Waals surface area (Å²) in [5.74, 6) is -0.574. The minimum Gasteiger partial charge on any atom is -0.494 e. The zero-order valence-electron chi connectivity index (χ0n) is 18.9. The second-order valence-corrected chi connectivity index (χ2v) is 9.35. The number of barbiturate groups is 1. The fourth-order valence-corrected chi connectivity index (χ4v) is 4.31. The van der Waals surface area contributed by atoms with Crippen molar-refractivity contribution in [3.8, 4) is 11.5 Å². The SMILES string of the molecule is CCOc1ccc(N2C(=O)NC(=O)/C(=C\c3cc(Br)ccc3OCc3ccc(Cl)cc3Cl)C2=O)cc1. The van der Waals surface area contributed by atoms with Crippen LogP contribution in [0.2, 0.25) is 10.0 Å². The first-order valence-corrected chi connectivity index (χ1v) is 12.3. The largest absolute Gasteiger partial charge is 0.494 e. The van der Waals surface area contributed by atoms with Crippen LogP contribution in [0.25, 0.3) is 6.08 Å². The maximum absolute atomic E-state index is 13.3. The minimum atomic E-state index is -0.839. The molecule has 1 heterocycles. The summed E-state index contributed by atoms with van der Waals surface area (Å²) < 4.78 is 12.1. The van der Waals surface area contributed by atoms with Gasteiger partial charge in [0.05, 0.1) is 12.3 Å². The molecule has 36 heavy (non-hydrogen) atoms. The van der Waals surface area contributed by atoms with Crippen LogP contribution in [0.3, 0.4) is 0 Å². The van der Waals surface area contributed by atoms with E-state index in [4.69, 9.17) is 32.7 Å². The predicted molar refractivity (Wildman–Crippen MR) is 142 cm³/mol. The van der Waals surface area contributed by atoms with Gasteiger partial charge in [0, 0.05) is 25.6 Å². The van der Waals surface area contributed by atoms with Gasteiger partial charge in [-0.3, -0.25) is 14.9 Å². The number of anilines is 1. The number of urea groups is 1. The summed E-state index contributed by atoms with van der Waals surface area (Å²) in [4.78, 5) is 39.3. The van der Waals surface area contributed by atoms with Crippen LogP contribution in [0.4, 0.5) is 10.5 Å². The van der Waals surface area contributed by atoms with E-state index < -0.39 is 17.8 Å². The van der Waals surface area contributed by atoms with Crippen molar-refractivity contribution >= 4 is 68.7 Å². The van der Waals surface area contributed by atoms with Crippen LogP contribution in [0.5, 0.6) is 11.5 Å². The fraction of sp³-hybridized carbons (Fsp3) is 0.115. The number of hydrogen-bond donors (Lipinski definition) is 1. The second kappa shape index (κ2) is 11.2. The van der Waals surface area contributed by atoms with Crippen LogP contribution >= 0.6 is 39.1 Å².